The van der Waals surface area contributed by atoms with Crippen molar-refractivity contribution in [2.45, 2.75) is 26.9 Å². The Bertz CT molecular complexity index is 610. The van der Waals surface area contributed by atoms with Gasteiger partial charge in [0.15, 0.2) is 0 Å². The van der Waals surface area contributed by atoms with Gasteiger partial charge in [-0.15, -0.1) is 0 Å². The van der Waals surface area contributed by atoms with Gasteiger partial charge < -0.3 is 5.11 Å². The largest absolute Gasteiger partial charge is 0.395 e. The molecule has 0 atom stereocenters. The summed E-state index contributed by atoms with van der Waals surface area (Å²) in [6.45, 7) is 6.29. The smallest absolute Gasteiger partial charge is 0.131 e. The molecule has 1 heterocycles. The average Bonchev–Trinajstić information content (AvgIpc) is 2.68. The predicted octanol–water partition coefficient (Wildman–Crippen LogP) is 2.68. The summed E-state index contributed by atoms with van der Waals surface area (Å²) < 4.78 is 1.69. The highest BCUT2D eigenvalue weighted by molar-refractivity contribution is 6.30. The first-order chi connectivity index (χ1) is 10.0. The topological polar surface area (TPSA) is 41.3 Å². The summed E-state index contributed by atoms with van der Waals surface area (Å²) in [5, 5.41) is 14.3. The van der Waals surface area contributed by atoms with Crippen LogP contribution in [0.4, 0.5) is 0 Å². The minimum atomic E-state index is 0.128. The molecule has 0 saturated carbocycles. The van der Waals surface area contributed by atoms with Gasteiger partial charge in [-0.25, -0.2) is 0 Å². The molecule has 2 aromatic rings. The van der Waals surface area contributed by atoms with E-state index >= 15 is 0 Å². The maximum Gasteiger partial charge on any atom is 0.131 e. The molecule has 0 bridgehead atoms. The molecular formula is C16H22ClN3O. The molecule has 0 aliphatic rings. The monoisotopic (exact) mass is 307 g/mol. The summed E-state index contributed by atoms with van der Waals surface area (Å²) in [6, 6.07) is 8.31. The molecule has 0 spiro atoms. The van der Waals surface area contributed by atoms with Crippen molar-refractivity contribution in [1.29, 1.82) is 0 Å². The maximum absolute atomic E-state index is 9.31. The van der Waals surface area contributed by atoms with E-state index < -0.39 is 0 Å². The normalized spacial score (nSPS) is 11.3. The lowest BCUT2D eigenvalue weighted by molar-refractivity contribution is 0.184. The molecule has 5 heteroatoms. The lowest BCUT2D eigenvalue weighted by atomic mass is 10.1. The van der Waals surface area contributed by atoms with Crippen molar-refractivity contribution in [3.63, 3.8) is 0 Å². The fourth-order valence-corrected chi connectivity index (χ4v) is 2.70. The molecule has 0 aliphatic heterocycles. The Morgan fingerprint density at radius 2 is 1.95 bits per heavy atom. The zero-order valence-corrected chi connectivity index (χ0v) is 13.6. The van der Waals surface area contributed by atoms with Crippen molar-refractivity contribution < 1.29 is 5.11 Å². The van der Waals surface area contributed by atoms with Gasteiger partial charge in [-0.2, -0.15) is 5.10 Å². The van der Waals surface area contributed by atoms with E-state index in [1.54, 1.807) is 4.68 Å². The third-order valence-corrected chi connectivity index (χ3v) is 4.20. The van der Waals surface area contributed by atoms with Crippen molar-refractivity contribution in [2.24, 2.45) is 7.05 Å². The molecule has 0 radical (unpaired) electrons. The van der Waals surface area contributed by atoms with Crippen LogP contribution in [0.5, 0.6) is 0 Å². The minimum absolute atomic E-state index is 0.128. The second-order valence-electron chi connectivity index (χ2n) is 5.34. The van der Waals surface area contributed by atoms with E-state index in [4.69, 9.17) is 11.6 Å². The molecule has 114 valence electrons. The third-order valence-electron chi connectivity index (χ3n) is 3.72. The van der Waals surface area contributed by atoms with Gasteiger partial charge in [-0.3, -0.25) is 9.58 Å². The molecule has 1 aromatic heterocycles. The number of aromatic nitrogens is 2. The summed E-state index contributed by atoms with van der Waals surface area (Å²) in [5.74, 6) is 0. The van der Waals surface area contributed by atoms with E-state index in [0.717, 1.165) is 17.8 Å². The van der Waals surface area contributed by atoms with Crippen LogP contribution in [-0.2, 0) is 20.1 Å². The summed E-state index contributed by atoms with van der Waals surface area (Å²) in [6.07, 6.45) is 0. The molecule has 0 saturated heterocycles. The molecule has 0 unspecified atom stereocenters. The van der Waals surface area contributed by atoms with Gasteiger partial charge in [0.1, 0.15) is 5.15 Å². The number of aliphatic hydroxyl groups excluding tert-OH is 1. The van der Waals surface area contributed by atoms with Gasteiger partial charge >= 0.3 is 0 Å². The van der Waals surface area contributed by atoms with Crippen molar-refractivity contribution >= 4 is 11.6 Å². The highest BCUT2D eigenvalue weighted by Crippen LogP contribution is 2.21. The molecule has 0 fully saturated rings. The Labute approximate surface area is 131 Å². The lowest BCUT2D eigenvalue weighted by Gasteiger charge is -2.22. The quantitative estimate of drug-likeness (QED) is 0.892. The summed E-state index contributed by atoms with van der Waals surface area (Å²) >= 11 is 6.30. The predicted molar refractivity (Wildman–Crippen MR) is 85.3 cm³/mol. The van der Waals surface area contributed by atoms with Crippen molar-refractivity contribution in [1.82, 2.24) is 14.7 Å². The molecule has 0 amide bonds. The van der Waals surface area contributed by atoms with Gasteiger partial charge in [0.2, 0.25) is 0 Å². The fourth-order valence-electron chi connectivity index (χ4n) is 2.46. The highest BCUT2D eigenvalue weighted by Gasteiger charge is 2.15. The molecule has 4 nitrogen and oxygen atoms in total. The Balaban J connectivity index is 2.18. The lowest BCUT2D eigenvalue weighted by Crippen LogP contribution is -2.26. The van der Waals surface area contributed by atoms with Gasteiger partial charge in [0.05, 0.1) is 12.3 Å². The van der Waals surface area contributed by atoms with E-state index in [-0.39, 0.29) is 6.61 Å². The van der Waals surface area contributed by atoms with E-state index in [9.17, 15) is 5.11 Å². The van der Waals surface area contributed by atoms with Crippen LogP contribution in [0.1, 0.15) is 22.4 Å². The Kier molecular flexibility index (Phi) is 5.39. The highest BCUT2D eigenvalue weighted by atomic mass is 35.5. The molecular weight excluding hydrogens is 286 g/mol. The first kappa shape index (κ1) is 16.0. The summed E-state index contributed by atoms with van der Waals surface area (Å²) in [7, 11) is 1.84. The zero-order valence-electron chi connectivity index (χ0n) is 12.8. The first-order valence-corrected chi connectivity index (χ1v) is 7.46. The summed E-state index contributed by atoms with van der Waals surface area (Å²) in [5.41, 5.74) is 4.49. The van der Waals surface area contributed by atoms with Gasteiger partial charge in [0.25, 0.3) is 0 Å². The first-order valence-electron chi connectivity index (χ1n) is 7.08. The second-order valence-corrected chi connectivity index (χ2v) is 5.70. The Morgan fingerprint density at radius 3 is 2.52 bits per heavy atom. The zero-order chi connectivity index (χ0) is 15.4. The number of benzene rings is 1. The van der Waals surface area contributed by atoms with Crippen LogP contribution in [0.15, 0.2) is 24.3 Å². The number of aliphatic hydroxyl groups is 1. The van der Waals surface area contributed by atoms with E-state index in [1.807, 2.05) is 26.1 Å². The third kappa shape index (κ3) is 3.84. The average molecular weight is 308 g/mol. The number of hydrogen-bond acceptors (Lipinski definition) is 3. The standard InChI is InChI=1S/C16H22ClN3O/c1-12-6-4-5-7-14(12)10-20(8-9-21)11-15-13(2)18-19(3)16(15)17/h4-7,21H,8-11H2,1-3H3. The van der Waals surface area contributed by atoms with E-state index in [2.05, 4.69) is 29.1 Å². The summed E-state index contributed by atoms with van der Waals surface area (Å²) in [4.78, 5) is 2.19. The number of rotatable bonds is 6. The van der Waals surface area contributed by atoms with Crippen LogP contribution in [-0.4, -0.2) is 32.9 Å². The van der Waals surface area contributed by atoms with Crippen molar-refractivity contribution in [3.8, 4) is 0 Å². The van der Waals surface area contributed by atoms with Crippen LogP contribution in [0.3, 0.4) is 0 Å². The molecule has 0 aliphatic carbocycles. The SMILES string of the molecule is Cc1ccccc1CN(CCO)Cc1c(C)nn(C)c1Cl. The van der Waals surface area contributed by atoms with Crippen LogP contribution in [0.25, 0.3) is 0 Å². The van der Waals surface area contributed by atoms with Crippen LogP contribution in [0.2, 0.25) is 5.15 Å². The Hall–Kier alpha value is -1.36. The molecule has 1 aromatic carbocycles. The van der Waals surface area contributed by atoms with E-state index in [0.29, 0.717) is 18.2 Å². The van der Waals surface area contributed by atoms with Crippen molar-refractivity contribution in [2.75, 3.05) is 13.2 Å². The number of aryl methyl sites for hydroxylation is 3. The minimum Gasteiger partial charge on any atom is -0.395 e. The second kappa shape index (κ2) is 7.07. The van der Waals surface area contributed by atoms with Gasteiger partial charge in [-0.1, -0.05) is 35.9 Å². The number of halogens is 1. The number of hydrogen-bond donors (Lipinski definition) is 1. The van der Waals surface area contributed by atoms with Gasteiger partial charge in [-0.05, 0) is 25.0 Å². The molecule has 21 heavy (non-hydrogen) atoms. The maximum atomic E-state index is 9.31. The van der Waals surface area contributed by atoms with Crippen LogP contribution in [0, 0.1) is 13.8 Å². The van der Waals surface area contributed by atoms with Crippen LogP contribution >= 0.6 is 11.6 Å². The Morgan fingerprint density at radius 1 is 1.24 bits per heavy atom. The van der Waals surface area contributed by atoms with Gasteiger partial charge in [0, 0.05) is 32.2 Å². The fraction of sp³-hybridized carbons (Fsp3) is 0.438. The van der Waals surface area contributed by atoms with Crippen molar-refractivity contribution in [3.05, 3.63) is 51.8 Å². The van der Waals surface area contributed by atoms with E-state index in [1.165, 1.54) is 11.1 Å². The number of nitrogens with zero attached hydrogens (tertiary/aromatic N) is 3. The molecule has 2 rings (SSSR count). The molecule has 1 N–H and O–H groups in total. The van der Waals surface area contributed by atoms with Crippen LogP contribution < -0.4 is 0 Å².